The number of aromatic nitrogens is 5. The van der Waals surface area contributed by atoms with E-state index in [0.717, 1.165) is 10.2 Å². The molecule has 7 nitrogen and oxygen atoms in total. The largest absolute Gasteiger partial charge is 0.301 e. The second-order valence-corrected chi connectivity index (χ2v) is 6.46. The molecule has 0 atom stereocenters. The van der Waals surface area contributed by atoms with Gasteiger partial charge in [-0.1, -0.05) is 34.7 Å². The third-order valence-corrected chi connectivity index (χ3v) is 4.69. The third kappa shape index (κ3) is 3.31. The first kappa shape index (κ1) is 14.2. The number of aryl methyl sites for hydroxylation is 1. The summed E-state index contributed by atoms with van der Waals surface area (Å²) >= 11 is 8.57. The van der Waals surface area contributed by atoms with Crippen LogP contribution in [-0.2, 0) is 11.8 Å². The van der Waals surface area contributed by atoms with Gasteiger partial charge in [-0.3, -0.25) is 4.79 Å². The van der Waals surface area contributed by atoms with Crippen LogP contribution in [0.4, 0.5) is 5.13 Å². The van der Waals surface area contributed by atoms with Crippen molar-refractivity contribution >= 4 is 56.0 Å². The number of halogens is 1. The van der Waals surface area contributed by atoms with Crippen molar-refractivity contribution in [3.8, 4) is 0 Å². The molecule has 0 aliphatic rings. The molecule has 1 N–H and O–H groups in total. The van der Waals surface area contributed by atoms with E-state index in [1.165, 1.54) is 27.8 Å². The number of carbonyl (C=O) groups is 1. The monoisotopic (exact) mass is 340 g/mol. The summed E-state index contributed by atoms with van der Waals surface area (Å²) in [5.74, 6) is 0.0541. The molecule has 0 aliphatic heterocycles. The highest BCUT2D eigenvalue weighted by Gasteiger charge is 2.10. The van der Waals surface area contributed by atoms with Crippen molar-refractivity contribution in [2.75, 3.05) is 11.1 Å². The molecule has 1 aromatic carbocycles. The number of benzene rings is 1. The van der Waals surface area contributed by atoms with Gasteiger partial charge in [0.15, 0.2) is 5.13 Å². The molecule has 0 saturated heterocycles. The Hall–Kier alpha value is -1.71. The Morgan fingerprint density at radius 1 is 1.52 bits per heavy atom. The molecule has 3 aromatic rings. The van der Waals surface area contributed by atoms with Gasteiger partial charge in [0.25, 0.3) is 0 Å². The second-order valence-electron chi connectivity index (χ2n) is 4.05. The Bertz CT molecular complexity index is 801. The maximum Gasteiger partial charge on any atom is 0.236 e. The number of hydrogen-bond donors (Lipinski definition) is 1. The van der Waals surface area contributed by atoms with Gasteiger partial charge < -0.3 is 5.32 Å². The lowest BCUT2D eigenvalue weighted by atomic mass is 10.3. The molecule has 0 radical (unpaired) electrons. The Labute approximate surface area is 132 Å². The minimum absolute atomic E-state index is 0.159. The van der Waals surface area contributed by atoms with E-state index in [9.17, 15) is 4.79 Å². The maximum absolute atomic E-state index is 11.9. The fourth-order valence-electron chi connectivity index (χ4n) is 1.58. The lowest BCUT2D eigenvalue weighted by molar-refractivity contribution is -0.113. The molecule has 2 heterocycles. The highest BCUT2D eigenvalue weighted by atomic mass is 35.5. The number of carbonyl (C=O) groups excluding carboxylic acids is 1. The van der Waals surface area contributed by atoms with Gasteiger partial charge in [0, 0.05) is 12.1 Å². The van der Waals surface area contributed by atoms with Gasteiger partial charge >= 0.3 is 0 Å². The number of anilines is 1. The summed E-state index contributed by atoms with van der Waals surface area (Å²) in [5, 5.41) is 15.5. The molecule has 108 valence electrons. The lowest BCUT2D eigenvalue weighted by Crippen LogP contribution is -2.14. The summed E-state index contributed by atoms with van der Waals surface area (Å²) in [6.45, 7) is 0. The van der Waals surface area contributed by atoms with Crippen LogP contribution in [0, 0.1) is 0 Å². The fraction of sp³-hybridized carbons (Fsp3) is 0.182. The maximum atomic E-state index is 11.9. The molecule has 10 heteroatoms. The molecule has 0 unspecified atom stereocenters. The van der Waals surface area contributed by atoms with Crippen LogP contribution in [0.25, 0.3) is 10.2 Å². The topological polar surface area (TPSA) is 85.6 Å². The van der Waals surface area contributed by atoms with Gasteiger partial charge in [-0.2, -0.15) is 0 Å². The van der Waals surface area contributed by atoms with Gasteiger partial charge in [0.1, 0.15) is 0 Å². The van der Waals surface area contributed by atoms with Crippen LogP contribution < -0.4 is 5.32 Å². The first-order valence-corrected chi connectivity index (χ1v) is 8.01. The summed E-state index contributed by atoms with van der Waals surface area (Å²) in [7, 11) is 1.72. The predicted molar refractivity (Wildman–Crippen MR) is 82.8 cm³/mol. The number of fused-ring (bicyclic) bond motifs is 1. The van der Waals surface area contributed by atoms with Crippen LogP contribution in [0.3, 0.4) is 0 Å². The zero-order chi connectivity index (χ0) is 14.8. The van der Waals surface area contributed by atoms with Crippen molar-refractivity contribution in [3.63, 3.8) is 0 Å². The normalized spacial score (nSPS) is 11.0. The number of nitrogens with zero attached hydrogens (tertiary/aromatic N) is 5. The van der Waals surface area contributed by atoms with E-state index in [1.54, 1.807) is 13.1 Å². The van der Waals surface area contributed by atoms with Crippen LogP contribution in [0.2, 0.25) is 5.02 Å². The summed E-state index contributed by atoms with van der Waals surface area (Å²) in [4.78, 5) is 16.2. The summed E-state index contributed by atoms with van der Waals surface area (Å²) in [5.41, 5.74) is 0.810. The van der Waals surface area contributed by atoms with Crippen LogP contribution >= 0.6 is 34.7 Å². The Kier molecular flexibility index (Phi) is 4.04. The molecule has 0 aliphatic carbocycles. The molecule has 0 saturated carbocycles. The second kappa shape index (κ2) is 5.96. The quantitative estimate of drug-likeness (QED) is 0.733. The smallest absolute Gasteiger partial charge is 0.236 e. The van der Waals surface area contributed by atoms with Crippen molar-refractivity contribution in [1.29, 1.82) is 0 Å². The van der Waals surface area contributed by atoms with Gasteiger partial charge in [0.2, 0.25) is 11.1 Å². The van der Waals surface area contributed by atoms with Crippen molar-refractivity contribution < 1.29 is 4.79 Å². The summed E-state index contributed by atoms with van der Waals surface area (Å²) < 4.78 is 2.44. The number of hydrogen-bond acceptors (Lipinski definition) is 7. The molecule has 21 heavy (non-hydrogen) atoms. The standard InChI is InChI=1S/C11H9ClN6OS2/c1-18-11(15-16-17-18)20-5-9(19)14-10-13-7-3-2-6(12)4-8(7)21-10/h2-4H,5H2,1H3,(H,13,14,19). The van der Waals surface area contributed by atoms with Gasteiger partial charge in [-0.25, -0.2) is 9.67 Å². The SMILES string of the molecule is Cn1nnnc1SCC(=O)Nc1nc2ccc(Cl)cc2s1. The van der Waals surface area contributed by atoms with Gasteiger partial charge in [-0.05, 0) is 28.6 Å². The van der Waals surface area contributed by atoms with E-state index < -0.39 is 0 Å². The Morgan fingerprint density at radius 2 is 2.38 bits per heavy atom. The third-order valence-electron chi connectivity index (χ3n) is 2.51. The fourth-order valence-corrected chi connectivity index (χ4v) is 3.39. The van der Waals surface area contributed by atoms with Gasteiger partial charge in [-0.15, -0.1) is 5.10 Å². The van der Waals surface area contributed by atoms with Crippen molar-refractivity contribution in [1.82, 2.24) is 25.2 Å². The van der Waals surface area contributed by atoms with Crippen LogP contribution in [-0.4, -0.2) is 36.9 Å². The number of nitrogens with one attached hydrogen (secondary N) is 1. The van der Waals surface area contributed by atoms with Crippen molar-refractivity contribution in [2.24, 2.45) is 7.05 Å². The average Bonchev–Trinajstić information content (AvgIpc) is 3.01. The number of rotatable bonds is 4. The minimum Gasteiger partial charge on any atom is -0.301 e. The van der Waals surface area contributed by atoms with Crippen molar-refractivity contribution in [2.45, 2.75) is 5.16 Å². The highest BCUT2D eigenvalue weighted by Crippen LogP contribution is 2.28. The molecule has 2 aromatic heterocycles. The minimum atomic E-state index is -0.159. The lowest BCUT2D eigenvalue weighted by Gasteiger charge is -2.00. The molecule has 0 spiro atoms. The number of thiazole rings is 1. The molecular formula is C11H9ClN6OS2. The zero-order valence-electron chi connectivity index (χ0n) is 10.8. The number of thioether (sulfide) groups is 1. The van der Waals surface area contributed by atoms with E-state index in [1.807, 2.05) is 12.1 Å². The van der Waals surface area contributed by atoms with E-state index in [-0.39, 0.29) is 11.7 Å². The Balaban J connectivity index is 1.64. The summed E-state index contributed by atoms with van der Waals surface area (Å²) in [6.07, 6.45) is 0. The van der Waals surface area contributed by atoms with Crippen LogP contribution in [0.5, 0.6) is 0 Å². The van der Waals surface area contributed by atoms with Crippen LogP contribution in [0.1, 0.15) is 0 Å². The molecular weight excluding hydrogens is 332 g/mol. The molecule has 0 bridgehead atoms. The molecule has 1 amide bonds. The van der Waals surface area contributed by atoms with Crippen molar-refractivity contribution in [3.05, 3.63) is 23.2 Å². The van der Waals surface area contributed by atoms with E-state index in [0.29, 0.717) is 15.3 Å². The molecule has 3 rings (SSSR count). The predicted octanol–water partition coefficient (Wildman–Crippen LogP) is 2.20. The first-order valence-electron chi connectivity index (χ1n) is 5.83. The number of tetrazole rings is 1. The molecule has 0 fully saturated rings. The highest BCUT2D eigenvalue weighted by molar-refractivity contribution is 7.99. The summed E-state index contributed by atoms with van der Waals surface area (Å²) in [6, 6.07) is 5.42. The van der Waals surface area contributed by atoms with Gasteiger partial charge in [0.05, 0.1) is 16.0 Å². The average molecular weight is 341 g/mol. The Morgan fingerprint density at radius 3 is 3.14 bits per heavy atom. The van der Waals surface area contributed by atoms with E-state index >= 15 is 0 Å². The zero-order valence-corrected chi connectivity index (χ0v) is 13.2. The first-order chi connectivity index (χ1) is 10.1. The van der Waals surface area contributed by atoms with E-state index in [2.05, 4.69) is 25.8 Å². The number of amides is 1. The van der Waals surface area contributed by atoms with E-state index in [4.69, 9.17) is 11.6 Å². The van der Waals surface area contributed by atoms with Crippen LogP contribution in [0.15, 0.2) is 23.4 Å².